The summed E-state index contributed by atoms with van der Waals surface area (Å²) in [6.45, 7) is 3.41. The number of nitrogens with zero attached hydrogens (tertiary/aromatic N) is 2. The molecule has 3 aliphatic heterocycles. The lowest BCUT2D eigenvalue weighted by molar-refractivity contribution is 0.0620. The summed E-state index contributed by atoms with van der Waals surface area (Å²) >= 11 is 1.58. The van der Waals surface area contributed by atoms with Crippen LogP contribution in [0.25, 0.3) is 10.2 Å². The molecule has 20 heavy (non-hydrogen) atoms. The van der Waals surface area contributed by atoms with Crippen molar-refractivity contribution in [3.63, 3.8) is 0 Å². The predicted molar refractivity (Wildman–Crippen MR) is 80.0 cm³/mol. The summed E-state index contributed by atoms with van der Waals surface area (Å²) in [6, 6.07) is 6.07. The summed E-state index contributed by atoms with van der Waals surface area (Å²) in [5.74, 6) is 0.718. The largest absolute Gasteiger partial charge is 0.348 e. The first-order chi connectivity index (χ1) is 9.79. The maximum Gasteiger partial charge on any atom is 0.251 e. The summed E-state index contributed by atoms with van der Waals surface area (Å²) in [4.78, 5) is 19.1. The number of piperidine rings is 3. The molecule has 5 heteroatoms. The number of benzene rings is 1. The lowest BCUT2D eigenvalue weighted by atomic mass is 9.84. The third-order valence-electron chi connectivity index (χ3n) is 4.57. The summed E-state index contributed by atoms with van der Waals surface area (Å²) < 4.78 is 1.08. The lowest BCUT2D eigenvalue weighted by Crippen LogP contribution is -2.57. The van der Waals surface area contributed by atoms with Crippen molar-refractivity contribution >= 4 is 27.5 Å². The zero-order chi connectivity index (χ0) is 13.5. The van der Waals surface area contributed by atoms with Gasteiger partial charge in [0.1, 0.15) is 0 Å². The van der Waals surface area contributed by atoms with Crippen LogP contribution in [0.4, 0.5) is 0 Å². The second-order valence-electron chi connectivity index (χ2n) is 5.75. The molecule has 3 saturated heterocycles. The van der Waals surface area contributed by atoms with Crippen molar-refractivity contribution in [3.05, 3.63) is 29.3 Å². The first-order valence-electron chi connectivity index (χ1n) is 7.16. The van der Waals surface area contributed by atoms with E-state index in [4.69, 9.17) is 0 Å². The zero-order valence-electron chi connectivity index (χ0n) is 11.2. The van der Waals surface area contributed by atoms with E-state index in [1.807, 2.05) is 23.7 Å². The first-order valence-corrected chi connectivity index (χ1v) is 8.04. The van der Waals surface area contributed by atoms with Crippen molar-refractivity contribution in [3.8, 4) is 0 Å². The van der Waals surface area contributed by atoms with Crippen molar-refractivity contribution in [1.82, 2.24) is 15.2 Å². The smallest absolute Gasteiger partial charge is 0.251 e. The molecule has 3 aliphatic rings. The Hall–Kier alpha value is -1.46. The average Bonchev–Trinajstić information content (AvgIpc) is 2.96. The second kappa shape index (κ2) is 4.82. The molecule has 0 radical (unpaired) electrons. The van der Waals surface area contributed by atoms with Crippen molar-refractivity contribution in [2.24, 2.45) is 5.92 Å². The van der Waals surface area contributed by atoms with Gasteiger partial charge in [-0.3, -0.25) is 4.79 Å². The van der Waals surface area contributed by atoms with Crippen molar-refractivity contribution in [1.29, 1.82) is 0 Å². The van der Waals surface area contributed by atoms with Gasteiger partial charge < -0.3 is 10.2 Å². The highest BCUT2D eigenvalue weighted by atomic mass is 32.1. The Morgan fingerprint density at radius 3 is 2.95 bits per heavy atom. The fraction of sp³-hybridized carbons (Fsp3) is 0.467. The molecular weight excluding hydrogens is 270 g/mol. The molecule has 4 heterocycles. The number of carbonyl (C=O) groups excluding carboxylic acids is 1. The van der Waals surface area contributed by atoms with Crippen LogP contribution in [0, 0.1) is 5.92 Å². The van der Waals surface area contributed by atoms with E-state index in [-0.39, 0.29) is 5.91 Å². The van der Waals surface area contributed by atoms with Gasteiger partial charge in [-0.25, -0.2) is 4.98 Å². The van der Waals surface area contributed by atoms with Gasteiger partial charge >= 0.3 is 0 Å². The number of rotatable bonds is 2. The topological polar surface area (TPSA) is 45.2 Å². The highest BCUT2D eigenvalue weighted by molar-refractivity contribution is 7.16. The highest BCUT2D eigenvalue weighted by Crippen LogP contribution is 2.28. The van der Waals surface area contributed by atoms with E-state index in [0.29, 0.717) is 12.0 Å². The number of thiazole rings is 1. The fourth-order valence-electron chi connectivity index (χ4n) is 3.38. The first kappa shape index (κ1) is 12.3. The molecule has 4 nitrogen and oxygen atoms in total. The molecule has 1 amide bonds. The molecule has 104 valence electrons. The van der Waals surface area contributed by atoms with Crippen LogP contribution < -0.4 is 5.32 Å². The number of fused-ring (bicyclic) bond motifs is 4. The number of nitrogens with one attached hydrogen (secondary N) is 1. The minimum absolute atomic E-state index is 0.0547. The Morgan fingerprint density at radius 2 is 2.20 bits per heavy atom. The zero-order valence-corrected chi connectivity index (χ0v) is 12.0. The van der Waals surface area contributed by atoms with E-state index < -0.39 is 0 Å². The van der Waals surface area contributed by atoms with E-state index in [0.717, 1.165) is 22.3 Å². The minimum atomic E-state index is 0.0547. The van der Waals surface area contributed by atoms with Gasteiger partial charge in [0, 0.05) is 18.2 Å². The van der Waals surface area contributed by atoms with Gasteiger partial charge in [0.25, 0.3) is 5.91 Å². The Labute approximate surface area is 121 Å². The Kier molecular flexibility index (Phi) is 2.97. The Bertz CT molecular complexity index is 645. The van der Waals surface area contributed by atoms with Crippen molar-refractivity contribution < 1.29 is 4.79 Å². The van der Waals surface area contributed by atoms with E-state index in [1.54, 1.807) is 11.3 Å². The quantitative estimate of drug-likeness (QED) is 0.920. The van der Waals surface area contributed by atoms with Gasteiger partial charge in [-0.1, -0.05) is 0 Å². The number of hydrogen-bond donors (Lipinski definition) is 1. The lowest BCUT2D eigenvalue weighted by Gasteiger charge is -2.44. The van der Waals surface area contributed by atoms with Gasteiger partial charge in [-0.05, 0) is 50.0 Å². The summed E-state index contributed by atoms with van der Waals surface area (Å²) in [6.07, 6.45) is 2.44. The summed E-state index contributed by atoms with van der Waals surface area (Å²) in [5, 5.41) is 3.23. The molecule has 5 rings (SSSR count). The van der Waals surface area contributed by atoms with Crippen molar-refractivity contribution in [2.45, 2.75) is 18.9 Å². The van der Waals surface area contributed by atoms with Crippen LogP contribution >= 0.6 is 11.3 Å². The summed E-state index contributed by atoms with van der Waals surface area (Å²) in [7, 11) is 0. The molecule has 0 saturated carbocycles. The molecule has 2 aromatic rings. The molecule has 3 fully saturated rings. The monoisotopic (exact) mass is 287 g/mol. The third-order valence-corrected chi connectivity index (χ3v) is 5.36. The predicted octanol–water partition coefficient (Wildman–Crippen LogP) is 2.12. The van der Waals surface area contributed by atoms with Gasteiger partial charge in [0.05, 0.1) is 15.7 Å². The molecule has 1 N–H and O–H groups in total. The molecule has 1 unspecified atom stereocenters. The number of aromatic nitrogens is 1. The highest BCUT2D eigenvalue weighted by Gasteiger charge is 2.34. The molecule has 1 atom stereocenters. The van der Waals surface area contributed by atoms with Crippen LogP contribution in [0.2, 0.25) is 0 Å². The molecule has 0 aliphatic carbocycles. The maximum atomic E-state index is 12.4. The Morgan fingerprint density at radius 1 is 1.35 bits per heavy atom. The van der Waals surface area contributed by atoms with Crippen LogP contribution in [0.3, 0.4) is 0 Å². The van der Waals surface area contributed by atoms with Crippen LogP contribution in [-0.2, 0) is 0 Å². The molecule has 0 spiro atoms. The molecule has 1 aromatic carbocycles. The van der Waals surface area contributed by atoms with Crippen LogP contribution in [0.5, 0.6) is 0 Å². The van der Waals surface area contributed by atoms with Gasteiger partial charge in [-0.15, -0.1) is 11.3 Å². The van der Waals surface area contributed by atoms with Gasteiger partial charge in [-0.2, -0.15) is 0 Å². The maximum absolute atomic E-state index is 12.4. The molecule has 2 bridgehead atoms. The fourth-order valence-corrected chi connectivity index (χ4v) is 4.09. The normalized spacial score (nSPS) is 28.7. The van der Waals surface area contributed by atoms with Gasteiger partial charge in [0.2, 0.25) is 0 Å². The molecular formula is C15H17N3OS. The summed E-state index contributed by atoms with van der Waals surface area (Å²) in [5.41, 5.74) is 3.53. The van der Waals surface area contributed by atoms with Gasteiger partial charge in [0.15, 0.2) is 0 Å². The molecule has 1 aromatic heterocycles. The number of hydrogen-bond acceptors (Lipinski definition) is 4. The van der Waals surface area contributed by atoms with Crippen LogP contribution in [0.1, 0.15) is 23.2 Å². The third kappa shape index (κ3) is 2.11. The SMILES string of the molecule is O=C(NC1CN2CCC1CC2)c1ccc2ncsc2c1. The number of carbonyl (C=O) groups is 1. The van der Waals surface area contributed by atoms with Crippen LogP contribution in [0.15, 0.2) is 23.7 Å². The average molecular weight is 287 g/mol. The standard InChI is InChI=1S/C15H17N3OS/c19-15(11-1-2-12-14(7-11)20-9-16-12)17-13-8-18-5-3-10(13)4-6-18/h1-2,7,9-10,13H,3-6,8H2,(H,17,19). The Balaban J connectivity index is 1.52. The van der Waals surface area contributed by atoms with E-state index >= 15 is 0 Å². The number of amides is 1. The minimum Gasteiger partial charge on any atom is -0.348 e. The van der Waals surface area contributed by atoms with Crippen LogP contribution in [-0.4, -0.2) is 41.5 Å². The van der Waals surface area contributed by atoms with Crippen molar-refractivity contribution in [2.75, 3.05) is 19.6 Å². The second-order valence-corrected chi connectivity index (χ2v) is 6.64. The van der Waals surface area contributed by atoms with E-state index in [9.17, 15) is 4.79 Å². The van der Waals surface area contributed by atoms with E-state index in [1.165, 1.54) is 25.9 Å². The van der Waals surface area contributed by atoms with E-state index in [2.05, 4.69) is 15.2 Å².